The van der Waals surface area contributed by atoms with Crippen molar-refractivity contribution >= 4 is 21.4 Å². The number of nitrogens with two attached hydrogens (primary N) is 1. The molecule has 3 rings (SSSR count). The van der Waals surface area contributed by atoms with E-state index in [0.717, 1.165) is 15.0 Å². The van der Waals surface area contributed by atoms with E-state index in [4.69, 9.17) is 5.73 Å². The molecule has 0 aliphatic carbocycles. The van der Waals surface area contributed by atoms with Crippen molar-refractivity contribution < 1.29 is 13.2 Å². The van der Waals surface area contributed by atoms with E-state index in [1.165, 1.54) is 41.7 Å². The molecule has 21 heavy (non-hydrogen) atoms. The monoisotopic (exact) mass is 307 g/mol. The molecule has 0 saturated carbocycles. The van der Waals surface area contributed by atoms with Gasteiger partial charge in [0, 0.05) is 21.2 Å². The molecule has 2 aromatic carbocycles. The highest BCUT2D eigenvalue weighted by molar-refractivity contribution is 7.19. The summed E-state index contributed by atoms with van der Waals surface area (Å²) in [7, 11) is 0. The lowest BCUT2D eigenvalue weighted by Crippen LogP contribution is -2.13. The molecule has 108 valence electrons. The van der Waals surface area contributed by atoms with Crippen LogP contribution in [0.1, 0.15) is 16.5 Å². The van der Waals surface area contributed by atoms with Gasteiger partial charge in [0.25, 0.3) is 0 Å². The molecule has 0 saturated heterocycles. The predicted octanol–water partition coefficient (Wildman–Crippen LogP) is 4.56. The minimum absolute atomic E-state index is 0.0198. The quantitative estimate of drug-likeness (QED) is 0.754. The fourth-order valence-electron chi connectivity index (χ4n) is 2.27. The topological polar surface area (TPSA) is 26.0 Å². The maximum Gasteiger partial charge on any atom is 0.129 e. The molecule has 0 amide bonds. The van der Waals surface area contributed by atoms with Crippen molar-refractivity contribution in [1.29, 1.82) is 0 Å². The Balaban J connectivity index is 1.91. The third-order valence-corrected chi connectivity index (χ3v) is 4.60. The second kappa shape index (κ2) is 5.50. The van der Waals surface area contributed by atoms with Crippen LogP contribution >= 0.6 is 11.3 Å². The molecule has 1 aromatic heterocycles. The first kappa shape index (κ1) is 14.1. The normalized spacial score (nSPS) is 12.8. The summed E-state index contributed by atoms with van der Waals surface area (Å²) >= 11 is 1.41. The average Bonchev–Trinajstić information content (AvgIpc) is 2.86. The Kier molecular flexibility index (Phi) is 3.69. The number of thiophene rings is 1. The van der Waals surface area contributed by atoms with Crippen LogP contribution in [-0.4, -0.2) is 0 Å². The zero-order valence-electron chi connectivity index (χ0n) is 10.9. The van der Waals surface area contributed by atoms with E-state index in [2.05, 4.69) is 0 Å². The van der Waals surface area contributed by atoms with Gasteiger partial charge < -0.3 is 5.73 Å². The Morgan fingerprint density at radius 2 is 1.71 bits per heavy atom. The first-order chi connectivity index (χ1) is 10.0. The SMILES string of the molecule is NC(Cc1c(F)cccc1F)c1cc2cc(F)ccc2s1. The first-order valence-corrected chi connectivity index (χ1v) is 7.23. The minimum atomic E-state index is -0.599. The molecular formula is C16H12F3NS. The third-order valence-electron chi connectivity index (χ3n) is 3.35. The van der Waals surface area contributed by atoms with Crippen LogP contribution in [0.15, 0.2) is 42.5 Å². The highest BCUT2D eigenvalue weighted by Crippen LogP contribution is 2.31. The van der Waals surface area contributed by atoms with Gasteiger partial charge in [0.15, 0.2) is 0 Å². The van der Waals surface area contributed by atoms with E-state index in [-0.39, 0.29) is 17.8 Å². The molecule has 3 aromatic rings. The minimum Gasteiger partial charge on any atom is -0.323 e. The van der Waals surface area contributed by atoms with Gasteiger partial charge in [0.2, 0.25) is 0 Å². The standard InChI is InChI=1S/C16H12F3NS/c17-10-4-5-15-9(6-10)7-16(21-15)14(20)8-11-12(18)2-1-3-13(11)19/h1-7,14H,8,20H2. The Morgan fingerprint density at radius 1 is 1.00 bits per heavy atom. The van der Waals surface area contributed by atoms with Gasteiger partial charge in [-0.3, -0.25) is 0 Å². The number of halogens is 3. The van der Waals surface area contributed by atoms with Crippen molar-refractivity contribution in [2.24, 2.45) is 5.73 Å². The fraction of sp³-hybridized carbons (Fsp3) is 0.125. The van der Waals surface area contributed by atoms with Gasteiger partial charge in [-0.05, 0) is 48.2 Å². The lowest BCUT2D eigenvalue weighted by atomic mass is 10.0. The summed E-state index contributed by atoms with van der Waals surface area (Å²) in [6.45, 7) is 0. The van der Waals surface area contributed by atoms with Crippen molar-refractivity contribution in [3.63, 3.8) is 0 Å². The van der Waals surface area contributed by atoms with Crippen LogP contribution in [0, 0.1) is 17.5 Å². The Bertz CT molecular complexity index is 777. The molecule has 0 aliphatic rings. The van der Waals surface area contributed by atoms with Gasteiger partial charge in [-0.2, -0.15) is 0 Å². The molecule has 0 bridgehead atoms. The van der Waals surface area contributed by atoms with Crippen LogP contribution in [-0.2, 0) is 6.42 Å². The van der Waals surface area contributed by atoms with Crippen molar-refractivity contribution in [3.8, 4) is 0 Å². The van der Waals surface area contributed by atoms with Gasteiger partial charge >= 0.3 is 0 Å². The van der Waals surface area contributed by atoms with E-state index in [0.29, 0.717) is 0 Å². The summed E-state index contributed by atoms with van der Waals surface area (Å²) in [5.74, 6) is -1.52. The van der Waals surface area contributed by atoms with Crippen LogP contribution in [0.25, 0.3) is 10.1 Å². The molecule has 1 unspecified atom stereocenters. The maximum atomic E-state index is 13.6. The van der Waals surface area contributed by atoms with Crippen molar-refractivity contribution in [3.05, 3.63) is 70.4 Å². The zero-order chi connectivity index (χ0) is 15.0. The van der Waals surface area contributed by atoms with Crippen molar-refractivity contribution in [2.45, 2.75) is 12.5 Å². The van der Waals surface area contributed by atoms with Crippen LogP contribution in [0.3, 0.4) is 0 Å². The summed E-state index contributed by atoms with van der Waals surface area (Å²) in [4.78, 5) is 0.776. The molecule has 0 fully saturated rings. The van der Waals surface area contributed by atoms with E-state index in [9.17, 15) is 13.2 Å². The maximum absolute atomic E-state index is 13.6. The lowest BCUT2D eigenvalue weighted by molar-refractivity contribution is 0.541. The van der Waals surface area contributed by atoms with Gasteiger partial charge in [0.05, 0.1) is 0 Å². The Morgan fingerprint density at radius 3 is 2.43 bits per heavy atom. The highest BCUT2D eigenvalue weighted by atomic mass is 32.1. The summed E-state index contributed by atoms with van der Waals surface area (Å²) < 4.78 is 41.4. The van der Waals surface area contributed by atoms with E-state index < -0.39 is 17.7 Å². The largest absolute Gasteiger partial charge is 0.323 e. The second-order valence-electron chi connectivity index (χ2n) is 4.84. The molecule has 2 N–H and O–H groups in total. The van der Waals surface area contributed by atoms with Crippen LogP contribution in [0.2, 0.25) is 0 Å². The van der Waals surface area contributed by atoms with E-state index in [1.807, 2.05) is 0 Å². The number of benzene rings is 2. The molecular weight excluding hydrogens is 295 g/mol. The van der Waals surface area contributed by atoms with Crippen LogP contribution < -0.4 is 5.73 Å². The molecule has 1 heterocycles. The van der Waals surface area contributed by atoms with Gasteiger partial charge in [-0.15, -0.1) is 11.3 Å². The summed E-state index contributed by atoms with van der Waals surface area (Å²) in [6, 6.07) is 9.47. The Hall–Kier alpha value is -1.85. The highest BCUT2D eigenvalue weighted by Gasteiger charge is 2.16. The van der Waals surface area contributed by atoms with Gasteiger partial charge in [-0.25, -0.2) is 13.2 Å². The number of hydrogen-bond acceptors (Lipinski definition) is 2. The third kappa shape index (κ3) is 2.80. The van der Waals surface area contributed by atoms with Crippen molar-refractivity contribution in [2.75, 3.05) is 0 Å². The van der Waals surface area contributed by atoms with E-state index >= 15 is 0 Å². The molecule has 1 atom stereocenters. The van der Waals surface area contributed by atoms with Crippen LogP contribution in [0.5, 0.6) is 0 Å². The summed E-state index contributed by atoms with van der Waals surface area (Å²) in [5, 5.41) is 0.749. The Labute approximate surface area is 123 Å². The summed E-state index contributed by atoms with van der Waals surface area (Å²) in [5.41, 5.74) is 6.03. The number of hydrogen-bond donors (Lipinski definition) is 1. The average molecular weight is 307 g/mol. The van der Waals surface area contributed by atoms with Crippen molar-refractivity contribution in [1.82, 2.24) is 0 Å². The molecule has 1 nitrogen and oxygen atoms in total. The number of rotatable bonds is 3. The summed E-state index contributed by atoms with van der Waals surface area (Å²) in [6.07, 6.45) is 0.0633. The predicted molar refractivity (Wildman–Crippen MR) is 78.8 cm³/mol. The van der Waals surface area contributed by atoms with Gasteiger partial charge in [0.1, 0.15) is 17.5 Å². The lowest BCUT2D eigenvalue weighted by Gasteiger charge is -2.11. The van der Waals surface area contributed by atoms with Gasteiger partial charge in [-0.1, -0.05) is 6.07 Å². The molecule has 0 radical (unpaired) electrons. The molecule has 5 heteroatoms. The molecule has 0 aliphatic heterocycles. The fourth-order valence-corrected chi connectivity index (χ4v) is 3.31. The second-order valence-corrected chi connectivity index (χ2v) is 5.96. The zero-order valence-corrected chi connectivity index (χ0v) is 11.8. The first-order valence-electron chi connectivity index (χ1n) is 6.42. The molecule has 0 spiro atoms. The number of fused-ring (bicyclic) bond motifs is 1. The van der Waals surface area contributed by atoms with Crippen LogP contribution in [0.4, 0.5) is 13.2 Å². The smallest absolute Gasteiger partial charge is 0.129 e. The van der Waals surface area contributed by atoms with E-state index in [1.54, 1.807) is 12.1 Å².